The summed E-state index contributed by atoms with van der Waals surface area (Å²) in [6.45, 7) is 3.31. The third-order valence-electron chi connectivity index (χ3n) is 2.01. The molecule has 0 radical (unpaired) electrons. The van der Waals surface area contributed by atoms with Crippen LogP contribution in [0.15, 0.2) is 14.1 Å². The number of aryl methyl sites for hydroxylation is 1. The van der Waals surface area contributed by atoms with E-state index in [0.29, 0.717) is 0 Å². The van der Waals surface area contributed by atoms with Crippen molar-refractivity contribution >= 4 is 47.1 Å². The van der Waals surface area contributed by atoms with E-state index in [2.05, 4.69) is 20.7 Å². The first-order chi connectivity index (χ1) is 8.01. The Morgan fingerprint density at radius 2 is 1.94 bits per heavy atom. The molecule has 1 unspecified atom stereocenters. The van der Waals surface area contributed by atoms with Gasteiger partial charge < -0.3 is 0 Å². The van der Waals surface area contributed by atoms with Gasteiger partial charge in [-0.1, -0.05) is 0 Å². The lowest BCUT2D eigenvalue weighted by atomic mass is 10.4. The Hall–Kier alpha value is 0.0400. The van der Waals surface area contributed by atoms with E-state index in [1.807, 2.05) is 0 Å². The van der Waals surface area contributed by atoms with Crippen LogP contribution in [0.2, 0.25) is 0 Å². The number of hydrogen-bond donors (Lipinski definition) is 1. The molecule has 0 saturated heterocycles. The lowest BCUT2D eigenvalue weighted by Gasteiger charge is -2.11. The molecule has 1 heterocycles. The van der Waals surface area contributed by atoms with Gasteiger partial charge in [0.25, 0.3) is 0 Å². The van der Waals surface area contributed by atoms with E-state index >= 15 is 0 Å². The van der Waals surface area contributed by atoms with Crippen molar-refractivity contribution in [1.82, 2.24) is 4.72 Å². The Morgan fingerprint density at radius 3 is 2.33 bits per heavy atom. The summed E-state index contributed by atoms with van der Waals surface area (Å²) in [4.78, 5) is 0. The molecule has 1 N–H and O–H groups in total. The highest BCUT2D eigenvalue weighted by atomic mass is 79.9. The zero-order chi connectivity index (χ0) is 14.1. The molecule has 1 atom stereocenters. The van der Waals surface area contributed by atoms with Gasteiger partial charge in [-0.15, -0.1) is 11.3 Å². The van der Waals surface area contributed by atoms with E-state index in [1.165, 1.54) is 6.92 Å². The normalized spacial score (nSPS) is 14.7. The maximum absolute atomic E-state index is 12.0. The van der Waals surface area contributed by atoms with Crippen LogP contribution < -0.4 is 4.72 Å². The van der Waals surface area contributed by atoms with Crippen molar-refractivity contribution in [3.63, 3.8) is 0 Å². The quantitative estimate of drug-likeness (QED) is 0.845. The summed E-state index contributed by atoms with van der Waals surface area (Å²) in [6.07, 6.45) is 1.07. The van der Waals surface area contributed by atoms with Crippen LogP contribution in [0.25, 0.3) is 0 Å². The summed E-state index contributed by atoms with van der Waals surface area (Å²) in [5.74, 6) is -0.224. The summed E-state index contributed by atoms with van der Waals surface area (Å²) >= 11 is 4.35. The molecular weight excluding hydrogens is 362 g/mol. The van der Waals surface area contributed by atoms with Crippen LogP contribution >= 0.6 is 27.3 Å². The van der Waals surface area contributed by atoms with Crippen LogP contribution in [0, 0.1) is 6.92 Å². The van der Waals surface area contributed by atoms with E-state index in [1.54, 1.807) is 13.0 Å². The number of rotatable bonds is 5. The number of nitrogens with one attached hydrogen (secondary N) is 1. The Morgan fingerprint density at radius 1 is 1.39 bits per heavy atom. The van der Waals surface area contributed by atoms with Gasteiger partial charge in [-0.25, -0.2) is 21.6 Å². The molecule has 0 bridgehead atoms. The minimum Gasteiger partial charge on any atom is -0.229 e. The molecule has 104 valence electrons. The van der Waals surface area contributed by atoms with E-state index in [0.717, 1.165) is 26.9 Å². The maximum atomic E-state index is 12.0. The van der Waals surface area contributed by atoms with Gasteiger partial charge in [-0.05, 0) is 41.4 Å². The highest BCUT2D eigenvalue weighted by Gasteiger charge is 2.22. The topological polar surface area (TPSA) is 80.3 Å². The summed E-state index contributed by atoms with van der Waals surface area (Å²) < 4.78 is 49.4. The van der Waals surface area contributed by atoms with Crippen molar-refractivity contribution in [3.05, 3.63) is 15.4 Å². The average molecular weight is 376 g/mol. The highest BCUT2D eigenvalue weighted by Crippen LogP contribution is 2.30. The monoisotopic (exact) mass is 375 g/mol. The second-order valence-corrected chi connectivity index (χ2v) is 10.6. The first-order valence-corrected chi connectivity index (χ1v) is 10.1. The molecule has 0 amide bonds. The summed E-state index contributed by atoms with van der Waals surface area (Å²) in [6, 6.07) is 0.885. The fourth-order valence-electron chi connectivity index (χ4n) is 1.38. The second kappa shape index (κ2) is 5.58. The number of halogens is 1. The van der Waals surface area contributed by atoms with E-state index < -0.39 is 25.9 Å². The van der Waals surface area contributed by atoms with Crippen molar-refractivity contribution in [2.75, 3.05) is 12.0 Å². The largest absolute Gasteiger partial charge is 0.250 e. The Kier molecular flexibility index (Phi) is 4.99. The molecule has 0 aliphatic carbocycles. The van der Waals surface area contributed by atoms with Crippen molar-refractivity contribution in [3.8, 4) is 0 Å². The standard InChI is InChI=1S/C9H14BrNO4S3/c1-6-4-8(16-9(6)10)18(14,15)11-7(2)5-17(3,12)13/h4,7,11H,5H2,1-3H3. The smallest absolute Gasteiger partial charge is 0.229 e. The van der Waals surface area contributed by atoms with Gasteiger partial charge in [-0.2, -0.15) is 0 Å². The third kappa shape index (κ3) is 4.61. The summed E-state index contributed by atoms with van der Waals surface area (Å²) in [5.41, 5.74) is 0.830. The van der Waals surface area contributed by atoms with Gasteiger partial charge in [0, 0.05) is 12.3 Å². The van der Waals surface area contributed by atoms with Crippen LogP contribution in [-0.2, 0) is 19.9 Å². The maximum Gasteiger partial charge on any atom is 0.250 e. The highest BCUT2D eigenvalue weighted by molar-refractivity contribution is 9.11. The van der Waals surface area contributed by atoms with Gasteiger partial charge in [0.15, 0.2) is 0 Å². The minimum absolute atomic E-state index is 0.173. The average Bonchev–Trinajstić information content (AvgIpc) is 2.42. The Balaban J connectivity index is 2.89. The molecule has 18 heavy (non-hydrogen) atoms. The molecule has 0 aliphatic rings. The zero-order valence-electron chi connectivity index (χ0n) is 10.1. The summed E-state index contributed by atoms with van der Waals surface area (Å²) in [7, 11) is -6.87. The van der Waals surface area contributed by atoms with Gasteiger partial charge in [0.1, 0.15) is 14.0 Å². The van der Waals surface area contributed by atoms with Crippen molar-refractivity contribution in [2.45, 2.75) is 24.1 Å². The van der Waals surface area contributed by atoms with E-state index in [9.17, 15) is 16.8 Å². The number of sulfonamides is 1. The number of thiophene rings is 1. The molecule has 9 heteroatoms. The van der Waals surface area contributed by atoms with Gasteiger partial charge in [0.2, 0.25) is 10.0 Å². The van der Waals surface area contributed by atoms with Crippen LogP contribution in [0.4, 0.5) is 0 Å². The molecule has 1 aromatic heterocycles. The van der Waals surface area contributed by atoms with Gasteiger partial charge >= 0.3 is 0 Å². The van der Waals surface area contributed by atoms with Crippen molar-refractivity contribution in [2.24, 2.45) is 0 Å². The molecular formula is C9H14BrNO4S3. The predicted octanol–water partition coefficient (Wildman–Crippen LogP) is 1.53. The van der Waals surface area contributed by atoms with Crippen LogP contribution in [-0.4, -0.2) is 34.9 Å². The van der Waals surface area contributed by atoms with E-state index in [-0.39, 0.29) is 9.96 Å². The first-order valence-electron chi connectivity index (χ1n) is 4.97. The molecule has 0 fully saturated rings. The van der Waals surface area contributed by atoms with Crippen LogP contribution in [0.5, 0.6) is 0 Å². The molecule has 5 nitrogen and oxygen atoms in total. The lowest BCUT2D eigenvalue weighted by Crippen LogP contribution is -2.36. The SMILES string of the molecule is Cc1cc(S(=O)(=O)NC(C)CS(C)(=O)=O)sc1Br. The Bertz CT molecular complexity index is 613. The predicted molar refractivity (Wildman–Crippen MR) is 76.3 cm³/mol. The van der Waals surface area contributed by atoms with Crippen LogP contribution in [0.1, 0.15) is 12.5 Å². The molecule has 0 spiro atoms. The minimum atomic E-state index is -3.66. The fraction of sp³-hybridized carbons (Fsp3) is 0.556. The first kappa shape index (κ1) is 16.1. The summed E-state index contributed by atoms with van der Waals surface area (Å²) in [5, 5.41) is 0. The Labute approximate surface area is 120 Å². The molecule has 1 rings (SSSR count). The van der Waals surface area contributed by atoms with Gasteiger partial charge in [0.05, 0.1) is 9.54 Å². The molecule has 0 aliphatic heterocycles. The lowest BCUT2D eigenvalue weighted by molar-refractivity contribution is 0.566. The zero-order valence-corrected chi connectivity index (χ0v) is 14.1. The molecule has 0 saturated carbocycles. The number of hydrogen-bond acceptors (Lipinski definition) is 5. The van der Waals surface area contributed by atoms with Crippen molar-refractivity contribution in [1.29, 1.82) is 0 Å². The second-order valence-electron chi connectivity index (χ2n) is 4.14. The molecule has 1 aromatic rings. The molecule has 0 aromatic carbocycles. The van der Waals surface area contributed by atoms with Gasteiger partial charge in [-0.3, -0.25) is 0 Å². The van der Waals surface area contributed by atoms with Crippen molar-refractivity contribution < 1.29 is 16.8 Å². The third-order valence-corrected chi connectivity index (χ3v) is 7.31. The fourth-order valence-corrected chi connectivity index (χ4v) is 5.96. The van der Waals surface area contributed by atoms with Crippen LogP contribution in [0.3, 0.4) is 0 Å². The van der Waals surface area contributed by atoms with E-state index in [4.69, 9.17) is 0 Å². The number of sulfone groups is 1.